The van der Waals surface area contributed by atoms with Crippen molar-refractivity contribution >= 4 is 23.5 Å². The molecule has 0 unspecified atom stereocenters. The van der Waals surface area contributed by atoms with Crippen LogP contribution in [-0.2, 0) is 32.6 Å². The van der Waals surface area contributed by atoms with Gasteiger partial charge in [0.25, 0.3) is 5.91 Å². The van der Waals surface area contributed by atoms with E-state index < -0.39 is 46.5 Å². The summed E-state index contributed by atoms with van der Waals surface area (Å²) in [5.41, 5.74) is -0.432. The normalized spacial score (nSPS) is 15.2. The molecule has 0 saturated carbocycles. The second kappa shape index (κ2) is 11.5. The summed E-state index contributed by atoms with van der Waals surface area (Å²) < 4.78 is 45.6. The number of halogens is 2. The third-order valence-electron chi connectivity index (χ3n) is 6.70. The van der Waals surface area contributed by atoms with Crippen LogP contribution < -0.4 is 10.1 Å². The van der Waals surface area contributed by atoms with Crippen LogP contribution in [0.1, 0.15) is 80.5 Å². The van der Waals surface area contributed by atoms with E-state index in [0.29, 0.717) is 17.7 Å². The molecule has 0 radical (unpaired) electrons. The number of anilines is 1. The maximum Gasteiger partial charge on any atom is 0.361 e. The molecule has 0 aliphatic carbocycles. The number of ether oxygens (including phenoxy) is 2. The van der Waals surface area contributed by atoms with Crippen LogP contribution in [-0.4, -0.2) is 47.1 Å². The van der Waals surface area contributed by atoms with Gasteiger partial charge in [0.1, 0.15) is 34.8 Å². The number of carbonyl (C=O) groups is 3. The molecule has 1 atom stereocenters. The van der Waals surface area contributed by atoms with Gasteiger partial charge in [-0.2, -0.15) is 0 Å². The fourth-order valence-corrected chi connectivity index (χ4v) is 4.93. The van der Waals surface area contributed by atoms with E-state index in [1.807, 2.05) is 0 Å². The molecule has 224 valence electrons. The number of esters is 1. The maximum atomic E-state index is 14.9. The Morgan fingerprint density at radius 2 is 1.71 bits per heavy atom. The number of hydrogen-bond donors (Lipinski definition) is 1. The molecular weight excluding hydrogens is 548 g/mol. The van der Waals surface area contributed by atoms with Crippen LogP contribution in [0.5, 0.6) is 5.75 Å². The summed E-state index contributed by atoms with van der Waals surface area (Å²) >= 11 is 0. The van der Waals surface area contributed by atoms with Crippen molar-refractivity contribution in [1.29, 1.82) is 0 Å². The number of aromatic nitrogens is 1. The van der Waals surface area contributed by atoms with Crippen molar-refractivity contribution in [3.8, 4) is 5.75 Å². The molecule has 11 heteroatoms. The second-order valence-electron chi connectivity index (χ2n) is 12.2. The highest BCUT2D eigenvalue weighted by Crippen LogP contribution is 2.35. The minimum atomic E-state index is -1.12. The standard InChI is InChI=1S/C31H35F2N3O6/c1-30(2,3)26-22(32)13-18(14-23(26)33)34-28(38)27-21-9-8-19(40-7)12-17(21)10-11-36(27)25(37)16-20-15-24(35-42-20)29(39)41-31(4,5)6/h8-9,12-15,27H,10-11,16H2,1-7H3,(H,34,38)/t27-/m1/s1. The number of nitrogens with zero attached hydrogens (tertiary/aromatic N) is 2. The lowest BCUT2D eigenvalue weighted by Gasteiger charge is -2.36. The van der Waals surface area contributed by atoms with Crippen LogP contribution in [0.4, 0.5) is 14.5 Å². The Bertz CT molecular complexity index is 1500. The summed E-state index contributed by atoms with van der Waals surface area (Å²) in [6.45, 7) is 10.4. The van der Waals surface area contributed by atoms with Crippen molar-refractivity contribution in [1.82, 2.24) is 10.1 Å². The fourth-order valence-electron chi connectivity index (χ4n) is 4.93. The van der Waals surface area contributed by atoms with Crippen molar-refractivity contribution in [2.75, 3.05) is 19.0 Å². The predicted octanol–water partition coefficient (Wildman–Crippen LogP) is 5.52. The molecule has 2 aromatic carbocycles. The molecule has 0 fully saturated rings. The van der Waals surface area contributed by atoms with Gasteiger partial charge in [0, 0.05) is 23.9 Å². The van der Waals surface area contributed by atoms with E-state index in [0.717, 1.165) is 17.7 Å². The van der Waals surface area contributed by atoms with Gasteiger partial charge in [-0.3, -0.25) is 9.59 Å². The molecule has 4 rings (SSSR count). The molecule has 2 heterocycles. The molecule has 2 amide bonds. The molecule has 42 heavy (non-hydrogen) atoms. The zero-order chi connectivity index (χ0) is 31.0. The smallest absolute Gasteiger partial charge is 0.361 e. The lowest BCUT2D eigenvalue weighted by molar-refractivity contribution is -0.139. The Morgan fingerprint density at radius 3 is 2.31 bits per heavy atom. The Balaban J connectivity index is 1.62. The fraction of sp³-hybridized carbons (Fsp3) is 0.419. The molecular formula is C31H35F2N3O6. The van der Waals surface area contributed by atoms with Crippen molar-refractivity contribution in [2.45, 2.75) is 71.4 Å². The van der Waals surface area contributed by atoms with Crippen LogP contribution in [0.15, 0.2) is 40.9 Å². The third-order valence-corrected chi connectivity index (χ3v) is 6.70. The van der Waals surface area contributed by atoms with Gasteiger partial charge in [-0.1, -0.05) is 32.0 Å². The van der Waals surface area contributed by atoms with Gasteiger partial charge >= 0.3 is 5.97 Å². The SMILES string of the molecule is COc1ccc2c(c1)CCN(C(=O)Cc1cc(C(=O)OC(C)(C)C)no1)[C@H]2C(=O)Nc1cc(F)c(C(C)(C)C)c(F)c1. The van der Waals surface area contributed by atoms with E-state index >= 15 is 0 Å². The summed E-state index contributed by atoms with van der Waals surface area (Å²) in [5, 5.41) is 6.31. The first-order chi connectivity index (χ1) is 19.6. The van der Waals surface area contributed by atoms with Crippen molar-refractivity contribution in [2.24, 2.45) is 0 Å². The van der Waals surface area contributed by atoms with Crippen molar-refractivity contribution < 1.29 is 37.2 Å². The van der Waals surface area contributed by atoms with Gasteiger partial charge < -0.3 is 24.2 Å². The summed E-state index contributed by atoms with van der Waals surface area (Å²) in [6.07, 6.45) is 0.153. The summed E-state index contributed by atoms with van der Waals surface area (Å²) in [5.74, 6) is -2.68. The van der Waals surface area contributed by atoms with Gasteiger partial charge in [-0.15, -0.1) is 0 Å². The van der Waals surface area contributed by atoms with Gasteiger partial charge in [0.2, 0.25) is 5.91 Å². The Labute approximate surface area is 243 Å². The average Bonchev–Trinajstić information content (AvgIpc) is 3.34. The first-order valence-electron chi connectivity index (χ1n) is 13.5. The highest BCUT2D eigenvalue weighted by atomic mass is 19.1. The van der Waals surface area contributed by atoms with Gasteiger partial charge in [-0.25, -0.2) is 13.6 Å². The van der Waals surface area contributed by atoms with Gasteiger partial charge in [-0.05, 0) is 68.0 Å². The number of amides is 2. The average molecular weight is 584 g/mol. The quantitative estimate of drug-likeness (QED) is 0.381. The van der Waals surface area contributed by atoms with E-state index in [-0.39, 0.29) is 35.7 Å². The summed E-state index contributed by atoms with van der Waals surface area (Å²) in [4.78, 5) is 40.9. The number of benzene rings is 2. The number of nitrogens with one attached hydrogen (secondary N) is 1. The minimum absolute atomic E-state index is 0.0757. The molecule has 1 aromatic heterocycles. The topological polar surface area (TPSA) is 111 Å². The molecule has 0 bridgehead atoms. The molecule has 0 spiro atoms. The Kier molecular flexibility index (Phi) is 8.43. The number of carbonyl (C=O) groups excluding carboxylic acids is 3. The second-order valence-corrected chi connectivity index (χ2v) is 12.2. The molecule has 1 aliphatic heterocycles. The molecule has 1 N–H and O–H groups in total. The maximum absolute atomic E-state index is 14.9. The van der Waals surface area contributed by atoms with Gasteiger partial charge in [0.05, 0.1) is 13.5 Å². The number of hydrogen-bond acceptors (Lipinski definition) is 7. The molecule has 0 saturated heterocycles. The largest absolute Gasteiger partial charge is 0.497 e. The number of fused-ring (bicyclic) bond motifs is 1. The third kappa shape index (κ3) is 6.78. The van der Waals surface area contributed by atoms with E-state index in [1.165, 1.54) is 18.1 Å². The highest BCUT2D eigenvalue weighted by Gasteiger charge is 2.37. The van der Waals surface area contributed by atoms with Crippen LogP contribution in [0, 0.1) is 11.6 Å². The van der Waals surface area contributed by atoms with Gasteiger partial charge in [0.15, 0.2) is 5.69 Å². The first-order valence-corrected chi connectivity index (χ1v) is 13.5. The molecule has 1 aliphatic rings. The molecule has 9 nitrogen and oxygen atoms in total. The van der Waals surface area contributed by atoms with Crippen molar-refractivity contribution in [3.05, 3.63) is 76.2 Å². The monoisotopic (exact) mass is 583 g/mol. The highest BCUT2D eigenvalue weighted by molar-refractivity contribution is 5.98. The first kappa shape index (κ1) is 30.7. The van der Waals surface area contributed by atoms with Crippen molar-refractivity contribution in [3.63, 3.8) is 0 Å². The van der Waals surface area contributed by atoms with E-state index in [1.54, 1.807) is 59.7 Å². The lowest BCUT2D eigenvalue weighted by atomic mass is 9.86. The molecule has 3 aromatic rings. The van der Waals surface area contributed by atoms with Crippen LogP contribution in [0.2, 0.25) is 0 Å². The van der Waals surface area contributed by atoms with Crippen LogP contribution in [0.25, 0.3) is 0 Å². The summed E-state index contributed by atoms with van der Waals surface area (Å²) in [6, 6.07) is 7.50. The number of methoxy groups -OCH3 is 1. The number of rotatable bonds is 6. The predicted molar refractivity (Wildman–Crippen MR) is 150 cm³/mol. The van der Waals surface area contributed by atoms with Crippen LogP contribution >= 0.6 is 0 Å². The summed E-state index contributed by atoms with van der Waals surface area (Å²) in [7, 11) is 1.53. The van der Waals surface area contributed by atoms with Crippen LogP contribution in [0.3, 0.4) is 0 Å². The Hall–Kier alpha value is -4.28. The van der Waals surface area contributed by atoms with E-state index in [2.05, 4.69) is 10.5 Å². The minimum Gasteiger partial charge on any atom is -0.497 e. The zero-order valence-corrected chi connectivity index (χ0v) is 24.8. The van der Waals surface area contributed by atoms with E-state index in [4.69, 9.17) is 14.0 Å². The van der Waals surface area contributed by atoms with E-state index in [9.17, 15) is 23.2 Å². The Morgan fingerprint density at radius 1 is 1.05 bits per heavy atom. The zero-order valence-electron chi connectivity index (χ0n) is 24.8. The lowest BCUT2D eigenvalue weighted by Crippen LogP contribution is -2.46.